The summed E-state index contributed by atoms with van der Waals surface area (Å²) in [7, 11) is 0. The second kappa shape index (κ2) is 10.1. The molecule has 8 heteroatoms. The Morgan fingerprint density at radius 2 is 1.89 bits per heavy atom. The van der Waals surface area contributed by atoms with Crippen LogP contribution in [0.5, 0.6) is 0 Å². The molecule has 0 heterocycles. The van der Waals surface area contributed by atoms with Crippen molar-refractivity contribution in [3.05, 3.63) is 58.9 Å². The number of rotatable bonds is 9. The summed E-state index contributed by atoms with van der Waals surface area (Å²) in [6.45, 7) is 3.62. The number of amides is 1. The third kappa shape index (κ3) is 5.71. The number of anilines is 2. The highest BCUT2D eigenvalue weighted by atomic mass is 19.2. The number of halogens is 3. The van der Waals surface area contributed by atoms with Crippen molar-refractivity contribution in [2.75, 3.05) is 18.5 Å². The van der Waals surface area contributed by atoms with Crippen LogP contribution in [0, 0.1) is 23.4 Å². The zero-order valence-electron chi connectivity index (χ0n) is 15.7. The minimum absolute atomic E-state index is 0.0943. The van der Waals surface area contributed by atoms with Gasteiger partial charge >= 0.3 is 0 Å². The molecular formula is C20H23F3N2O3. The lowest BCUT2D eigenvalue weighted by molar-refractivity contribution is 0.0168. The van der Waals surface area contributed by atoms with Gasteiger partial charge < -0.3 is 10.4 Å². The highest BCUT2D eigenvalue weighted by Gasteiger charge is 2.20. The number of aliphatic hydroxyl groups is 1. The minimum Gasteiger partial charge on any atom is -0.394 e. The molecule has 0 atom stereocenters. The van der Waals surface area contributed by atoms with Gasteiger partial charge in [0.1, 0.15) is 5.82 Å². The van der Waals surface area contributed by atoms with E-state index in [-0.39, 0.29) is 24.5 Å². The van der Waals surface area contributed by atoms with Crippen molar-refractivity contribution in [2.24, 2.45) is 5.92 Å². The maximum absolute atomic E-state index is 14.4. The SMILES string of the molecule is CC(C)CCc1ccc(Nc2c(C(=O)NOCCO)ccc(F)c2F)c(F)c1. The molecule has 0 aliphatic heterocycles. The molecule has 0 aromatic heterocycles. The lowest BCUT2D eigenvalue weighted by Gasteiger charge is -2.15. The molecule has 5 nitrogen and oxygen atoms in total. The molecule has 0 bridgehead atoms. The topological polar surface area (TPSA) is 70.6 Å². The molecule has 0 saturated heterocycles. The van der Waals surface area contributed by atoms with Crippen molar-refractivity contribution in [2.45, 2.75) is 26.7 Å². The van der Waals surface area contributed by atoms with E-state index in [0.29, 0.717) is 12.3 Å². The van der Waals surface area contributed by atoms with Gasteiger partial charge in [0.2, 0.25) is 0 Å². The smallest absolute Gasteiger partial charge is 0.277 e. The zero-order valence-corrected chi connectivity index (χ0v) is 15.7. The van der Waals surface area contributed by atoms with Gasteiger partial charge in [-0.15, -0.1) is 0 Å². The Morgan fingerprint density at radius 3 is 2.54 bits per heavy atom. The van der Waals surface area contributed by atoms with E-state index in [9.17, 15) is 18.0 Å². The Kier molecular flexibility index (Phi) is 7.83. The van der Waals surface area contributed by atoms with Crippen molar-refractivity contribution in [3.63, 3.8) is 0 Å². The van der Waals surface area contributed by atoms with Crippen LogP contribution in [0.1, 0.15) is 36.2 Å². The van der Waals surface area contributed by atoms with Gasteiger partial charge in [-0.2, -0.15) is 0 Å². The molecule has 0 unspecified atom stereocenters. The standard InChI is InChI=1S/C20H23F3N2O3/c1-12(2)3-4-13-5-8-17(16(22)11-13)24-19-14(6-7-15(21)18(19)23)20(27)25-28-10-9-26/h5-8,11-12,24,26H,3-4,9-10H2,1-2H3,(H,25,27). The van der Waals surface area contributed by atoms with Crippen LogP contribution in [0.15, 0.2) is 30.3 Å². The molecule has 2 aromatic carbocycles. The molecular weight excluding hydrogens is 373 g/mol. The van der Waals surface area contributed by atoms with E-state index in [0.717, 1.165) is 24.1 Å². The Hall–Kier alpha value is -2.58. The summed E-state index contributed by atoms with van der Waals surface area (Å²) in [6, 6.07) is 6.26. The fourth-order valence-corrected chi connectivity index (χ4v) is 2.48. The first-order valence-electron chi connectivity index (χ1n) is 8.90. The lowest BCUT2D eigenvalue weighted by atomic mass is 10.0. The maximum atomic E-state index is 14.4. The second-order valence-corrected chi connectivity index (χ2v) is 6.66. The van der Waals surface area contributed by atoms with Crippen LogP contribution >= 0.6 is 0 Å². The number of carbonyl (C=O) groups excluding carboxylic acids is 1. The molecule has 0 aliphatic carbocycles. The Morgan fingerprint density at radius 1 is 1.14 bits per heavy atom. The van der Waals surface area contributed by atoms with Crippen LogP contribution in [-0.2, 0) is 11.3 Å². The molecule has 28 heavy (non-hydrogen) atoms. The highest BCUT2D eigenvalue weighted by Crippen LogP contribution is 2.28. The first-order valence-corrected chi connectivity index (χ1v) is 8.90. The minimum atomic E-state index is -1.32. The molecule has 1 amide bonds. The normalized spacial score (nSPS) is 11.0. The molecule has 2 aromatic rings. The predicted octanol–water partition coefficient (Wildman–Crippen LogP) is 4.09. The van der Waals surface area contributed by atoms with E-state index in [1.807, 2.05) is 5.48 Å². The fourth-order valence-electron chi connectivity index (χ4n) is 2.48. The third-order valence-electron chi connectivity index (χ3n) is 4.00. The molecule has 3 N–H and O–H groups in total. The van der Waals surface area contributed by atoms with Crippen molar-refractivity contribution >= 4 is 17.3 Å². The first-order chi connectivity index (χ1) is 13.3. The second-order valence-electron chi connectivity index (χ2n) is 6.66. The summed E-state index contributed by atoms with van der Waals surface area (Å²) in [5, 5.41) is 11.1. The summed E-state index contributed by atoms with van der Waals surface area (Å²) in [6.07, 6.45) is 1.59. The van der Waals surface area contributed by atoms with Gasteiger partial charge in [0.05, 0.1) is 30.2 Å². The van der Waals surface area contributed by atoms with E-state index >= 15 is 0 Å². The summed E-state index contributed by atoms with van der Waals surface area (Å²) in [4.78, 5) is 16.8. The van der Waals surface area contributed by atoms with Gasteiger partial charge in [0.25, 0.3) is 5.91 Å². The fraction of sp³-hybridized carbons (Fsp3) is 0.350. The van der Waals surface area contributed by atoms with Crippen LogP contribution < -0.4 is 10.8 Å². The zero-order chi connectivity index (χ0) is 20.7. The molecule has 152 valence electrons. The number of hydrogen-bond acceptors (Lipinski definition) is 4. The average molecular weight is 396 g/mol. The molecule has 0 radical (unpaired) electrons. The van der Waals surface area contributed by atoms with Crippen LogP contribution in [0.2, 0.25) is 0 Å². The number of carbonyl (C=O) groups is 1. The Balaban J connectivity index is 2.27. The van der Waals surface area contributed by atoms with Crippen LogP contribution in [0.3, 0.4) is 0 Å². The van der Waals surface area contributed by atoms with Gasteiger partial charge in [0, 0.05) is 0 Å². The van der Waals surface area contributed by atoms with E-state index in [1.54, 1.807) is 6.07 Å². The van der Waals surface area contributed by atoms with Crippen molar-refractivity contribution in [3.8, 4) is 0 Å². The van der Waals surface area contributed by atoms with Crippen molar-refractivity contribution in [1.82, 2.24) is 5.48 Å². The molecule has 2 rings (SSSR count). The van der Waals surface area contributed by atoms with Gasteiger partial charge in [-0.1, -0.05) is 19.9 Å². The van der Waals surface area contributed by atoms with Crippen LogP contribution in [-0.4, -0.2) is 24.2 Å². The van der Waals surface area contributed by atoms with Crippen molar-refractivity contribution in [1.29, 1.82) is 0 Å². The number of aliphatic hydroxyl groups excluding tert-OH is 1. The summed E-state index contributed by atoms with van der Waals surface area (Å²) < 4.78 is 42.4. The van der Waals surface area contributed by atoms with E-state index in [4.69, 9.17) is 9.94 Å². The number of nitrogens with one attached hydrogen (secondary N) is 2. The molecule has 0 spiro atoms. The summed E-state index contributed by atoms with van der Waals surface area (Å²) >= 11 is 0. The average Bonchev–Trinajstić information content (AvgIpc) is 2.65. The molecule has 0 aliphatic rings. The van der Waals surface area contributed by atoms with Gasteiger partial charge in [-0.3, -0.25) is 9.63 Å². The lowest BCUT2D eigenvalue weighted by Crippen LogP contribution is -2.26. The quantitative estimate of drug-likeness (QED) is 0.441. The first kappa shape index (κ1) is 21.7. The molecule has 0 fully saturated rings. The maximum Gasteiger partial charge on any atom is 0.277 e. The van der Waals surface area contributed by atoms with Crippen LogP contribution in [0.4, 0.5) is 24.5 Å². The van der Waals surface area contributed by atoms with Gasteiger partial charge in [-0.05, 0) is 48.6 Å². The number of aryl methyl sites for hydroxylation is 1. The van der Waals surface area contributed by atoms with Gasteiger partial charge in [-0.25, -0.2) is 18.7 Å². The highest BCUT2D eigenvalue weighted by molar-refractivity contribution is 5.99. The largest absolute Gasteiger partial charge is 0.394 e. The Labute approximate surface area is 161 Å². The van der Waals surface area contributed by atoms with Crippen molar-refractivity contribution < 1.29 is 27.9 Å². The number of benzene rings is 2. The summed E-state index contributed by atoms with van der Waals surface area (Å²) in [5.74, 6) is -3.56. The van der Waals surface area contributed by atoms with E-state index < -0.39 is 29.0 Å². The number of hydrogen-bond donors (Lipinski definition) is 3. The van der Waals surface area contributed by atoms with Crippen LogP contribution in [0.25, 0.3) is 0 Å². The van der Waals surface area contributed by atoms with E-state index in [2.05, 4.69) is 19.2 Å². The van der Waals surface area contributed by atoms with E-state index in [1.165, 1.54) is 12.1 Å². The third-order valence-corrected chi connectivity index (χ3v) is 4.00. The molecule has 0 saturated carbocycles. The monoisotopic (exact) mass is 396 g/mol. The predicted molar refractivity (Wildman–Crippen MR) is 99.7 cm³/mol. The number of hydroxylamine groups is 1. The Bertz CT molecular complexity index is 829. The summed E-state index contributed by atoms with van der Waals surface area (Å²) in [5.41, 5.74) is 1.90. The van der Waals surface area contributed by atoms with Gasteiger partial charge in [0.15, 0.2) is 11.6 Å².